The Hall–Kier alpha value is -2.98. The molecule has 0 aromatic heterocycles. The molecule has 1 amide bonds. The molecular formula is C24H17BrCl2N2O3. The third-order valence-corrected chi connectivity index (χ3v) is 5.66. The lowest BCUT2D eigenvalue weighted by molar-refractivity contribution is -0.112. The zero-order chi connectivity index (χ0) is 23.1. The second-order valence-electron chi connectivity index (χ2n) is 6.56. The van der Waals surface area contributed by atoms with Gasteiger partial charge in [0.05, 0.1) is 21.6 Å². The number of nitrogens with zero attached hydrogens (tertiary/aromatic N) is 1. The van der Waals surface area contributed by atoms with Crippen molar-refractivity contribution in [1.29, 1.82) is 5.26 Å². The van der Waals surface area contributed by atoms with Crippen molar-refractivity contribution in [3.63, 3.8) is 0 Å². The summed E-state index contributed by atoms with van der Waals surface area (Å²) in [6.45, 7) is 0.362. The highest BCUT2D eigenvalue weighted by atomic mass is 79.9. The Morgan fingerprint density at radius 1 is 1.12 bits per heavy atom. The van der Waals surface area contributed by atoms with Crippen molar-refractivity contribution in [3.8, 4) is 17.6 Å². The summed E-state index contributed by atoms with van der Waals surface area (Å²) in [6.07, 6.45) is 1.46. The molecular weight excluding hydrogens is 515 g/mol. The Morgan fingerprint density at radius 3 is 2.53 bits per heavy atom. The van der Waals surface area contributed by atoms with Crippen LogP contribution in [0.15, 0.2) is 70.7 Å². The summed E-state index contributed by atoms with van der Waals surface area (Å²) in [4.78, 5) is 12.6. The number of hydrogen-bond acceptors (Lipinski definition) is 4. The first-order chi connectivity index (χ1) is 15.4. The number of hydrogen-bond donors (Lipinski definition) is 1. The Kier molecular flexibility index (Phi) is 8.18. The molecule has 32 heavy (non-hydrogen) atoms. The first-order valence-electron chi connectivity index (χ1n) is 9.33. The van der Waals surface area contributed by atoms with Crippen LogP contribution in [-0.2, 0) is 11.4 Å². The average Bonchev–Trinajstić information content (AvgIpc) is 2.79. The smallest absolute Gasteiger partial charge is 0.266 e. The van der Waals surface area contributed by atoms with Crippen molar-refractivity contribution in [2.24, 2.45) is 0 Å². The zero-order valence-electron chi connectivity index (χ0n) is 16.9. The Morgan fingerprint density at radius 2 is 1.88 bits per heavy atom. The highest BCUT2D eigenvalue weighted by Crippen LogP contribution is 2.38. The predicted molar refractivity (Wildman–Crippen MR) is 130 cm³/mol. The Balaban J connectivity index is 1.82. The van der Waals surface area contributed by atoms with Crippen LogP contribution in [0.5, 0.6) is 11.5 Å². The van der Waals surface area contributed by atoms with Crippen LogP contribution in [0.3, 0.4) is 0 Å². The third-order valence-electron chi connectivity index (χ3n) is 4.33. The lowest BCUT2D eigenvalue weighted by Gasteiger charge is -2.14. The summed E-state index contributed by atoms with van der Waals surface area (Å²) in [6, 6.07) is 19.7. The van der Waals surface area contributed by atoms with E-state index in [-0.39, 0.29) is 5.57 Å². The van der Waals surface area contributed by atoms with Gasteiger partial charge in [0.15, 0.2) is 11.5 Å². The van der Waals surface area contributed by atoms with E-state index in [0.29, 0.717) is 43.9 Å². The maximum atomic E-state index is 12.6. The number of methoxy groups -OCH3 is 1. The monoisotopic (exact) mass is 530 g/mol. The van der Waals surface area contributed by atoms with Crippen LogP contribution in [0.1, 0.15) is 11.1 Å². The van der Waals surface area contributed by atoms with Gasteiger partial charge in [-0.25, -0.2) is 0 Å². The zero-order valence-corrected chi connectivity index (χ0v) is 20.0. The van der Waals surface area contributed by atoms with E-state index in [2.05, 4.69) is 21.2 Å². The second kappa shape index (κ2) is 11.1. The summed E-state index contributed by atoms with van der Waals surface area (Å²) in [7, 11) is 1.52. The van der Waals surface area contributed by atoms with Gasteiger partial charge >= 0.3 is 0 Å². The molecule has 0 bridgehead atoms. The number of anilines is 1. The Labute approximate surface area is 204 Å². The van der Waals surface area contributed by atoms with E-state index < -0.39 is 5.91 Å². The van der Waals surface area contributed by atoms with Crippen LogP contribution in [0.2, 0.25) is 10.0 Å². The van der Waals surface area contributed by atoms with Crippen molar-refractivity contribution in [2.75, 3.05) is 12.4 Å². The summed E-state index contributed by atoms with van der Waals surface area (Å²) in [5.74, 6) is 0.404. The standard InChI is InChI=1S/C24H17BrCl2N2O3/c1-31-22-11-16(10-19(25)23(22)32-14-15-5-3-2-4-6-15)9-17(13-28)24(30)29-18-7-8-20(26)21(27)12-18/h2-12H,14H2,1H3,(H,29,30)/b17-9-. The molecule has 0 fully saturated rings. The number of carbonyl (C=O) groups is 1. The van der Waals surface area contributed by atoms with Gasteiger partial charge in [-0.15, -0.1) is 0 Å². The van der Waals surface area contributed by atoms with Gasteiger partial charge < -0.3 is 14.8 Å². The van der Waals surface area contributed by atoms with Crippen molar-refractivity contribution < 1.29 is 14.3 Å². The van der Waals surface area contributed by atoms with E-state index in [4.69, 9.17) is 32.7 Å². The van der Waals surface area contributed by atoms with Gasteiger partial charge in [-0.05, 0) is 63.5 Å². The maximum absolute atomic E-state index is 12.6. The van der Waals surface area contributed by atoms with Crippen molar-refractivity contribution in [1.82, 2.24) is 0 Å². The molecule has 8 heteroatoms. The SMILES string of the molecule is COc1cc(/C=C(/C#N)C(=O)Nc2ccc(Cl)c(Cl)c2)cc(Br)c1OCc1ccccc1. The molecule has 0 atom stereocenters. The van der Waals surface area contributed by atoms with Gasteiger partial charge in [-0.2, -0.15) is 5.26 Å². The molecule has 0 heterocycles. The molecule has 0 aliphatic carbocycles. The summed E-state index contributed by atoms with van der Waals surface area (Å²) in [5, 5.41) is 12.8. The normalized spacial score (nSPS) is 10.9. The van der Waals surface area contributed by atoms with Gasteiger partial charge in [0.1, 0.15) is 18.2 Å². The minimum absolute atomic E-state index is 0.0945. The molecule has 0 spiro atoms. The van der Waals surface area contributed by atoms with Crippen LogP contribution < -0.4 is 14.8 Å². The van der Waals surface area contributed by atoms with Crippen LogP contribution in [0.4, 0.5) is 5.69 Å². The number of ether oxygens (including phenoxy) is 2. The number of nitriles is 1. The first-order valence-corrected chi connectivity index (χ1v) is 10.9. The molecule has 5 nitrogen and oxygen atoms in total. The van der Waals surface area contributed by atoms with Crippen LogP contribution in [-0.4, -0.2) is 13.0 Å². The van der Waals surface area contributed by atoms with E-state index >= 15 is 0 Å². The van der Waals surface area contributed by atoms with Crippen LogP contribution in [0, 0.1) is 11.3 Å². The van der Waals surface area contributed by atoms with E-state index in [1.807, 2.05) is 36.4 Å². The average molecular weight is 532 g/mol. The molecule has 0 aliphatic rings. The number of amides is 1. The molecule has 0 unspecified atom stereocenters. The maximum Gasteiger partial charge on any atom is 0.266 e. The molecule has 3 rings (SSSR count). The van der Waals surface area contributed by atoms with E-state index in [9.17, 15) is 10.1 Å². The largest absolute Gasteiger partial charge is 0.493 e. The van der Waals surface area contributed by atoms with Gasteiger partial charge in [0.2, 0.25) is 0 Å². The Bertz CT molecular complexity index is 1210. The minimum Gasteiger partial charge on any atom is -0.493 e. The predicted octanol–water partition coefficient (Wildman–Crippen LogP) is 6.89. The quantitative estimate of drug-likeness (QED) is 0.266. The fourth-order valence-corrected chi connectivity index (χ4v) is 3.65. The van der Waals surface area contributed by atoms with E-state index in [1.165, 1.54) is 19.3 Å². The van der Waals surface area contributed by atoms with E-state index in [1.54, 1.807) is 24.3 Å². The van der Waals surface area contributed by atoms with Gasteiger partial charge in [-0.3, -0.25) is 4.79 Å². The topological polar surface area (TPSA) is 71.3 Å². The molecule has 3 aromatic carbocycles. The number of carbonyl (C=O) groups excluding carboxylic acids is 1. The van der Waals surface area contributed by atoms with Crippen LogP contribution >= 0.6 is 39.1 Å². The van der Waals surface area contributed by atoms with Gasteiger partial charge in [-0.1, -0.05) is 53.5 Å². The van der Waals surface area contributed by atoms with Crippen molar-refractivity contribution >= 4 is 56.8 Å². The summed E-state index contributed by atoms with van der Waals surface area (Å²) < 4.78 is 12.0. The van der Waals surface area contributed by atoms with Gasteiger partial charge in [0.25, 0.3) is 5.91 Å². The number of nitrogens with one attached hydrogen (secondary N) is 1. The molecule has 0 aliphatic heterocycles. The molecule has 0 radical (unpaired) electrons. The van der Waals surface area contributed by atoms with Crippen LogP contribution in [0.25, 0.3) is 6.08 Å². The molecule has 162 valence electrons. The second-order valence-corrected chi connectivity index (χ2v) is 8.23. The number of benzene rings is 3. The van der Waals surface area contributed by atoms with Crippen molar-refractivity contribution in [2.45, 2.75) is 6.61 Å². The fraction of sp³-hybridized carbons (Fsp3) is 0.0833. The molecule has 0 saturated carbocycles. The highest BCUT2D eigenvalue weighted by Gasteiger charge is 2.15. The first kappa shape index (κ1) is 23.7. The van der Waals surface area contributed by atoms with Gasteiger partial charge in [0, 0.05) is 5.69 Å². The van der Waals surface area contributed by atoms with Crippen molar-refractivity contribution in [3.05, 3.63) is 91.9 Å². The lowest BCUT2D eigenvalue weighted by atomic mass is 10.1. The minimum atomic E-state index is -0.578. The number of halogens is 3. The molecule has 1 N–H and O–H groups in total. The molecule has 3 aromatic rings. The third kappa shape index (κ3) is 6.04. The van der Waals surface area contributed by atoms with E-state index in [0.717, 1.165) is 5.56 Å². The molecule has 0 saturated heterocycles. The lowest BCUT2D eigenvalue weighted by Crippen LogP contribution is -2.13. The summed E-state index contributed by atoms with van der Waals surface area (Å²) in [5.41, 5.74) is 1.93. The highest BCUT2D eigenvalue weighted by molar-refractivity contribution is 9.10. The number of rotatable bonds is 7. The fourth-order valence-electron chi connectivity index (χ4n) is 2.78. The summed E-state index contributed by atoms with van der Waals surface area (Å²) >= 11 is 15.4.